The van der Waals surface area contributed by atoms with Crippen molar-refractivity contribution in [2.24, 2.45) is 5.92 Å². The Morgan fingerprint density at radius 1 is 1.38 bits per heavy atom. The van der Waals surface area contributed by atoms with Crippen molar-refractivity contribution in [2.75, 3.05) is 26.7 Å². The van der Waals surface area contributed by atoms with Crippen LogP contribution in [-0.4, -0.2) is 47.6 Å². The Kier molecular flexibility index (Phi) is 6.18. The van der Waals surface area contributed by atoms with Gasteiger partial charge in [-0.1, -0.05) is 5.16 Å². The average Bonchev–Trinajstić information content (AvgIpc) is 2.93. The van der Waals surface area contributed by atoms with Crippen LogP contribution in [0.2, 0.25) is 0 Å². The minimum absolute atomic E-state index is 0. The number of hydrogen-bond donors (Lipinski definition) is 1. The molecule has 0 spiro atoms. The van der Waals surface area contributed by atoms with Crippen molar-refractivity contribution < 1.29 is 9.32 Å². The predicted octanol–water partition coefficient (Wildman–Crippen LogP) is 2.72. The zero-order valence-electron chi connectivity index (χ0n) is 14.5. The molecular weight excluding hydrogens is 328 g/mol. The molecule has 0 bridgehead atoms. The van der Waals surface area contributed by atoms with Gasteiger partial charge in [-0.2, -0.15) is 0 Å². The lowest BCUT2D eigenvalue weighted by molar-refractivity contribution is 0.0689. The summed E-state index contributed by atoms with van der Waals surface area (Å²) in [6.45, 7) is 6.41. The SMILES string of the molecule is CNCCC1CCN(C(=O)c2cc(C)nc3onc(C)c23)CC1.Cl. The number of nitrogens with one attached hydrogen (secondary N) is 1. The first-order chi connectivity index (χ1) is 11.1. The number of rotatable bonds is 4. The van der Waals surface area contributed by atoms with Crippen LogP contribution in [0.15, 0.2) is 10.6 Å². The molecule has 1 aliphatic rings. The van der Waals surface area contributed by atoms with Gasteiger partial charge in [0.2, 0.25) is 0 Å². The number of hydrogen-bond acceptors (Lipinski definition) is 5. The third-order valence-electron chi connectivity index (χ3n) is 4.68. The van der Waals surface area contributed by atoms with Gasteiger partial charge < -0.3 is 14.7 Å². The number of likely N-dealkylation sites (tertiary alicyclic amines) is 1. The molecule has 1 saturated heterocycles. The fourth-order valence-corrected chi connectivity index (χ4v) is 3.33. The van der Waals surface area contributed by atoms with E-state index >= 15 is 0 Å². The van der Waals surface area contributed by atoms with Crippen LogP contribution in [0.25, 0.3) is 11.1 Å². The van der Waals surface area contributed by atoms with Gasteiger partial charge in [0.25, 0.3) is 11.6 Å². The zero-order valence-corrected chi connectivity index (χ0v) is 15.3. The highest BCUT2D eigenvalue weighted by molar-refractivity contribution is 6.06. The van der Waals surface area contributed by atoms with Crippen molar-refractivity contribution in [1.82, 2.24) is 20.4 Å². The van der Waals surface area contributed by atoms with Gasteiger partial charge in [-0.25, -0.2) is 4.98 Å². The summed E-state index contributed by atoms with van der Waals surface area (Å²) in [5.41, 5.74) is 2.62. The molecule has 0 atom stereocenters. The van der Waals surface area contributed by atoms with Crippen molar-refractivity contribution in [2.45, 2.75) is 33.1 Å². The lowest BCUT2D eigenvalue weighted by Gasteiger charge is -2.32. The number of nitrogens with zero attached hydrogens (tertiary/aromatic N) is 3. The van der Waals surface area contributed by atoms with Gasteiger partial charge in [-0.05, 0) is 58.7 Å². The van der Waals surface area contributed by atoms with Crippen molar-refractivity contribution in [1.29, 1.82) is 0 Å². The number of carbonyl (C=O) groups excluding carboxylic acids is 1. The van der Waals surface area contributed by atoms with E-state index in [1.54, 1.807) is 0 Å². The van der Waals surface area contributed by atoms with E-state index in [1.165, 1.54) is 6.42 Å². The van der Waals surface area contributed by atoms with Crippen LogP contribution in [-0.2, 0) is 0 Å². The van der Waals surface area contributed by atoms with Crippen LogP contribution in [0.1, 0.15) is 41.0 Å². The van der Waals surface area contributed by atoms with Crippen molar-refractivity contribution in [3.05, 3.63) is 23.0 Å². The van der Waals surface area contributed by atoms with E-state index in [1.807, 2.05) is 31.9 Å². The minimum Gasteiger partial charge on any atom is -0.339 e. The molecule has 2 aromatic heterocycles. The van der Waals surface area contributed by atoms with Gasteiger partial charge in [0.15, 0.2) is 0 Å². The molecule has 6 nitrogen and oxygen atoms in total. The number of halogens is 1. The highest BCUT2D eigenvalue weighted by Gasteiger charge is 2.26. The summed E-state index contributed by atoms with van der Waals surface area (Å²) in [4.78, 5) is 19.2. The molecule has 1 fully saturated rings. The maximum absolute atomic E-state index is 13.0. The zero-order chi connectivity index (χ0) is 16.4. The van der Waals surface area contributed by atoms with E-state index in [4.69, 9.17) is 4.52 Å². The summed E-state index contributed by atoms with van der Waals surface area (Å²) in [5, 5.41) is 7.90. The van der Waals surface area contributed by atoms with E-state index < -0.39 is 0 Å². The van der Waals surface area contributed by atoms with Gasteiger partial charge in [-0.3, -0.25) is 4.79 Å². The Morgan fingerprint density at radius 3 is 2.75 bits per heavy atom. The lowest BCUT2D eigenvalue weighted by Crippen LogP contribution is -2.39. The maximum Gasteiger partial charge on any atom is 0.258 e. The third-order valence-corrected chi connectivity index (χ3v) is 4.68. The Bertz CT molecular complexity index is 708. The number of aryl methyl sites for hydroxylation is 2. The molecule has 3 rings (SSSR count). The number of fused-ring (bicyclic) bond motifs is 1. The van der Waals surface area contributed by atoms with Crippen molar-refractivity contribution in [3.8, 4) is 0 Å². The summed E-state index contributed by atoms with van der Waals surface area (Å²) in [6, 6.07) is 1.85. The van der Waals surface area contributed by atoms with Crippen LogP contribution in [0, 0.1) is 19.8 Å². The number of amides is 1. The molecule has 0 aromatic carbocycles. The number of pyridine rings is 1. The standard InChI is InChI=1S/C17H24N4O2.ClH/c1-11-10-14(15-12(2)20-23-16(15)19-11)17(22)21-8-5-13(6-9-21)4-7-18-3;/h10,13,18H,4-9H2,1-3H3;1H. The van der Waals surface area contributed by atoms with Gasteiger partial charge in [0.1, 0.15) is 0 Å². The minimum atomic E-state index is 0. The Balaban J connectivity index is 0.00000208. The summed E-state index contributed by atoms with van der Waals surface area (Å²) in [6.07, 6.45) is 3.33. The highest BCUT2D eigenvalue weighted by atomic mass is 35.5. The second kappa shape index (κ2) is 7.94. The number of carbonyl (C=O) groups is 1. The normalized spacial score (nSPS) is 15.5. The van der Waals surface area contributed by atoms with E-state index in [2.05, 4.69) is 15.5 Å². The second-order valence-corrected chi connectivity index (χ2v) is 6.39. The molecule has 24 heavy (non-hydrogen) atoms. The molecule has 2 aromatic rings. The van der Waals surface area contributed by atoms with E-state index in [0.29, 0.717) is 17.2 Å². The molecule has 7 heteroatoms. The van der Waals surface area contributed by atoms with Crippen LogP contribution in [0.4, 0.5) is 0 Å². The molecular formula is C17H25ClN4O2. The molecule has 132 valence electrons. The van der Waals surface area contributed by atoms with Crippen molar-refractivity contribution >= 4 is 29.4 Å². The lowest BCUT2D eigenvalue weighted by atomic mass is 9.93. The van der Waals surface area contributed by atoms with Gasteiger partial charge in [0.05, 0.1) is 16.6 Å². The topological polar surface area (TPSA) is 71.3 Å². The molecule has 0 aliphatic carbocycles. The largest absolute Gasteiger partial charge is 0.339 e. The predicted molar refractivity (Wildman–Crippen MR) is 95.7 cm³/mol. The molecule has 1 N–H and O–H groups in total. The quantitative estimate of drug-likeness (QED) is 0.916. The second-order valence-electron chi connectivity index (χ2n) is 6.39. The van der Waals surface area contributed by atoms with Gasteiger partial charge >= 0.3 is 0 Å². The average molecular weight is 353 g/mol. The van der Waals surface area contributed by atoms with Crippen LogP contribution in [0.5, 0.6) is 0 Å². The molecule has 1 aliphatic heterocycles. The van der Waals surface area contributed by atoms with Gasteiger partial charge in [-0.15, -0.1) is 12.4 Å². The highest BCUT2D eigenvalue weighted by Crippen LogP contribution is 2.26. The first-order valence-electron chi connectivity index (χ1n) is 8.27. The molecule has 1 amide bonds. The fourth-order valence-electron chi connectivity index (χ4n) is 3.33. The number of piperidine rings is 1. The van der Waals surface area contributed by atoms with Crippen LogP contribution < -0.4 is 5.32 Å². The molecule has 0 saturated carbocycles. The Hall–Kier alpha value is -1.66. The third kappa shape index (κ3) is 3.70. The van der Waals surface area contributed by atoms with Gasteiger partial charge in [0, 0.05) is 18.8 Å². The van der Waals surface area contributed by atoms with E-state index in [0.717, 1.165) is 49.2 Å². The first kappa shape index (κ1) is 18.7. The molecule has 0 radical (unpaired) electrons. The van der Waals surface area contributed by atoms with Crippen molar-refractivity contribution in [3.63, 3.8) is 0 Å². The summed E-state index contributed by atoms with van der Waals surface area (Å²) in [7, 11) is 1.98. The first-order valence-corrected chi connectivity index (χ1v) is 8.27. The molecule has 3 heterocycles. The monoisotopic (exact) mass is 352 g/mol. The Labute approximate surface area is 148 Å². The maximum atomic E-state index is 13.0. The summed E-state index contributed by atoms with van der Waals surface area (Å²) >= 11 is 0. The fraction of sp³-hybridized carbons (Fsp3) is 0.588. The van der Waals surface area contributed by atoms with Crippen LogP contribution >= 0.6 is 12.4 Å². The smallest absolute Gasteiger partial charge is 0.258 e. The van der Waals surface area contributed by atoms with Crippen LogP contribution in [0.3, 0.4) is 0 Å². The van der Waals surface area contributed by atoms with E-state index in [9.17, 15) is 4.79 Å². The van der Waals surface area contributed by atoms with E-state index in [-0.39, 0.29) is 18.3 Å². The summed E-state index contributed by atoms with van der Waals surface area (Å²) in [5.74, 6) is 0.780. The Morgan fingerprint density at radius 2 is 2.08 bits per heavy atom. The number of aromatic nitrogens is 2. The molecule has 0 unspecified atom stereocenters. The summed E-state index contributed by atoms with van der Waals surface area (Å²) < 4.78 is 5.23.